The Morgan fingerprint density at radius 2 is 1.77 bits per heavy atom. The van der Waals surface area contributed by atoms with Crippen LogP contribution < -0.4 is 10.6 Å². The molecule has 5 nitrogen and oxygen atoms in total. The molecule has 22 heavy (non-hydrogen) atoms. The fraction of sp³-hybridized carbons (Fsp3) is 0.0588. The molecule has 5 heteroatoms. The summed E-state index contributed by atoms with van der Waals surface area (Å²) in [5.41, 5.74) is 9.43. The topological polar surface area (TPSA) is 66.0 Å². The number of fused-ring (bicyclic) bond motifs is 3. The van der Waals surface area contributed by atoms with Crippen LogP contribution in [0.2, 0.25) is 0 Å². The molecule has 4 aromatic rings. The Bertz CT molecular complexity index is 947. The van der Waals surface area contributed by atoms with Crippen molar-refractivity contribution in [2.75, 3.05) is 5.73 Å². The van der Waals surface area contributed by atoms with Crippen LogP contribution in [0, 0.1) is 0 Å². The number of aromatic nitrogens is 3. The zero-order chi connectivity index (χ0) is 14.9. The summed E-state index contributed by atoms with van der Waals surface area (Å²) in [6, 6.07) is 17.8. The number of rotatable bonds is 3. The molecule has 0 amide bonds. The van der Waals surface area contributed by atoms with E-state index in [1.165, 1.54) is 0 Å². The van der Waals surface area contributed by atoms with Gasteiger partial charge in [-0.2, -0.15) is 4.73 Å². The van der Waals surface area contributed by atoms with Crippen LogP contribution in [0.4, 0.5) is 5.82 Å². The maximum absolute atomic E-state index is 6.00. The molecule has 0 aliphatic carbocycles. The summed E-state index contributed by atoms with van der Waals surface area (Å²) >= 11 is 0. The highest BCUT2D eigenvalue weighted by molar-refractivity contribution is 6.06. The Morgan fingerprint density at radius 1 is 1.00 bits per heavy atom. The molecule has 0 fully saturated rings. The van der Waals surface area contributed by atoms with Gasteiger partial charge < -0.3 is 10.6 Å². The summed E-state index contributed by atoms with van der Waals surface area (Å²) in [5, 5.41) is 0.970. The minimum atomic E-state index is 0.413. The zero-order valence-electron chi connectivity index (χ0n) is 11.8. The summed E-state index contributed by atoms with van der Waals surface area (Å²) in [4.78, 5) is 14.6. The van der Waals surface area contributed by atoms with Crippen molar-refractivity contribution >= 4 is 27.8 Å². The van der Waals surface area contributed by atoms with Crippen molar-refractivity contribution in [3.63, 3.8) is 0 Å². The molecule has 108 valence electrons. The fourth-order valence-corrected chi connectivity index (χ4v) is 2.54. The maximum Gasteiger partial charge on any atom is 0.152 e. The molecule has 2 aromatic heterocycles. The highest BCUT2D eigenvalue weighted by Gasteiger charge is 2.12. The first kappa shape index (κ1) is 12.6. The number of anilines is 1. The molecule has 0 aliphatic rings. The van der Waals surface area contributed by atoms with E-state index < -0.39 is 0 Å². The molecule has 0 saturated heterocycles. The minimum Gasteiger partial charge on any atom is -0.407 e. The predicted octanol–water partition coefficient (Wildman–Crippen LogP) is 2.80. The van der Waals surface area contributed by atoms with E-state index >= 15 is 0 Å². The summed E-state index contributed by atoms with van der Waals surface area (Å²) in [6.07, 6.45) is 1.64. The number of para-hydroxylation sites is 1. The Hall–Kier alpha value is -3.08. The quantitative estimate of drug-likeness (QED) is 0.630. The number of nitrogens with zero attached hydrogens (tertiary/aromatic N) is 3. The first-order chi connectivity index (χ1) is 10.8. The number of imidazole rings is 1. The van der Waals surface area contributed by atoms with E-state index in [0.29, 0.717) is 17.9 Å². The van der Waals surface area contributed by atoms with Gasteiger partial charge in [-0.3, -0.25) is 0 Å². The smallest absolute Gasteiger partial charge is 0.152 e. The number of hydrogen-bond acceptors (Lipinski definition) is 4. The zero-order valence-corrected chi connectivity index (χ0v) is 11.8. The normalized spacial score (nSPS) is 11.1. The largest absolute Gasteiger partial charge is 0.407 e. The van der Waals surface area contributed by atoms with E-state index in [2.05, 4.69) is 9.97 Å². The lowest BCUT2D eigenvalue weighted by Gasteiger charge is -2.09. The van der Waals surface area contributed by atoms with E-state index in [9.17, 15) is 0 Å². The second kappa shape index (κ2) is 5.04. The van der Waals surface area contributed by atoms with Gasteiger partial charge in [-0.15, -0.1) is 0 Å². The molecular weight excluding hydrogens is 276 g/mol. The van der Waals surface area contributed by atoms with Crippen molar-refractivity contribution in [1.82, 2.24) is 14.7 Å². The first-order valence-corrected chi connectivity index (χ1v) is 7.01. The number of nitrogen functional groups attached to an aromatic ring is 1. The van der Waals surface area contributed by atoms with Crippen molar-refractivity contribution in [2.45, 2.75) is 6.61 Å². The molecule has 0 spiro atoms. The molecule has 0 aliphatic heterocycles. The molecule has 0 atom stereocenters. The van der Waals surface area contributed by atoms with Crippen LogP contribution in [0.3, 0.4) is 0 Å². The summed E-state index contributed by atoms with van der Waals surface area (Å²) in [6.45, 7) is 0.461. The van der Waals surface area contributed by atoms with Crippen molar-refractivity contribution < 1.29 is 4.84 Å². The number of pyridine rings is 1. The van der Waals surface area contributed by atoms with E-state index in [0.717, 1.165) is 22.0 Å². The lowest BCUT2D eigenvalue weighted by molar-refractivity contribution is 0.106. The molecule has 0 radical (unpaired) electrons. The van der Waals surface area contributed by atoms with Crippen LogP contribution >= 0.6 is 0 Å². The van der Waals surface area contributed by atoms with Gasteiger partial charge in [0.2, 0.25) is 0 Å². The van der Waals surface area contributed by atoms with E-state index in [-0.39, 0.29) is 0 Å². The fourth-order valence-electron chi connectivity index (χ4n) is 2.54. The van der Waals surface area contributed by atoms with E-state index in [1.54, 1.807) is 11.1 Å². The van der Waals surface area contributed by atoms with E-state index in [1.807, 2.05) is 54.6 Å². The van der Waals surface area contributed by atoms with Gasteiger partial charge in [0.1, 0.15) is 24.0 Å². The second-order valence-electron chi connectivity index (χ2n) is 5.04. The predicted molar refractivity (Wildman–Crippen MR) is 86.2 cm³/mol. The highest BCUT2D eigenvalue weighted by Crippen LogP contribution is 2.26. The van der Waals surface area contributed by atoms with Crippen LogP contribution in [0.15, 0.2) is 60.9 Å². The van der Waals surface area contributed by atoms with E-state index in [4.69, 9.17) is 10.6 Å². The van der Waals surface area contributed by atoms with Gasteiger partial charge in [-0.05, 0) is 11.6 Å². The maximum atomic E-state index is 6.00. The number of nitrogens with two attached hydrogens (primary N) is 1. The third kappa shape index (κ3) is 2.03. The van der Waals surface area contributed by atoms with Gasteiger partial charge in [-0.25, -0.2) is 9.97 Å². The van der Waals surface area contributed by atoms with Gasteiger partial charge in [0.15, 0.2) is 5.82 Å². The van der Waals surface area contributed by atoms with Gasteiger partial charge >= 0.3 is 0 Å². The Labute approximate surface area is 126 Å². The Morgan fingerprint density at radius 3 is 2.64 bits per heavy atom. The molecule has 2 heterocycles. The molecule has 4 rings (SSSR count). The average molecular weight is 290 g/mol. The standard InChI is InChI=1S/C17H14N4O/c18-17-15-16(13-8-4-5-9-14(13)20-17)21(11-19-15)22-10-12-6-2-1-3-7-12/h1-9,11H,10H2,(H2,18,20). The second-order valence-corrected chi connectivity index (χ2v) is 5.04. The first-order valence-electron chi connectivity index (χ1n) is 7.01. The van der Waals surface area contributed by atoms with Crippen molar-refractivity contribution in [1.29, 1.82) is 0 Å². The summed E-state index contributed by atoms with van der Waals surface area (Å²) in [7, 11) is 0. The van der Waals surface area contributed by atoms with Gasteiger partial charge in [0, 0.05) is 5.39 Å². The lowest BCUT2D eigenvalue weighted by atomic mass is 10.2. The Balaban J connectivity index is 1.81. The van der Waals surface area contributed by atoms with Crippen LogP contribution in [-0.2, 0) is 6.61 Å². The molecular formula is C17H14N4O. The minimum absolute atomic E-state index is 0.413. The average Bonchev–Trinajstić information content (AvgIpc) is 2.99. The molecule has 2 N–H and O–H groups in total. The van der Waals surface area contributed by atoms with Gasteiger partial charge in [-0.1, -0.05) is 48.5 Å². The van der Waals surface area contributed by atoms with Crippen molar-refractivity contribution in [3.8, 4) is 0 Å². The van der Waals surface area contributed by atoms with Crippen LogP contribution in [-0.4, -0.2) is 14.7 Å². The molecule has 0 bridgehead atoms. The van der Waals surface area contributed by atoms with Crippen molar-refractivity contribution in [3.05, 3.63) is 66.5 Å². The van der Waals surface area contributed by atoms with Crippen LogP contribution in [0.25, 0.3) is 21.9 Å². The van der Waals surface area contributed by atoms with Gasteiger partial charge in [0.05, 0.1) is 5.52 Å². The van der Waals surface area contributed by atoms with Crippen LogP contribution in [0.5, 0.6) is 0 Å². The number of hydrogen-bond donors (Lipinski definition) is 1. The van der Waals surface area contributed by atoms with Gasteiger partial charge in [0.25, 0.3) is 0 Å². The molecule has 0 unspecified atom stereocenters. The SMILES string of the molecule is Nc1nc2ccccc2c2c1ncn2OCc1ccccc1. The summed E-state index contributed by atoms with van der Waals surface area (Å²) in [5.74, 6) is 0.413. The molecule has 2 aromatic carbocycles. The third-order valence-electron chi connectivity index (χ3n) is 3.59. The number of benzene rings is 2. The van der Waals surface area contributed by atoms with Crippen LogP contribution in [0.1, 0.15) is 5.56 Å². The highest BCUT2D eigenvalue weighted by atomic mass is 16.7. The lowest BCUT2D eigenvalue weighted by Crippen LogP contribution is -2.10. The molecule has 0 saturated carbocycles. The Kier molecular flexibility index (Phi) is 2.89. The monoisotopic (exact) mass is 290 g/mol. The third-order valence-corrected chi connectivity index (χ3v) is 3.59. The van der Waals surface area contributed by atoms with Crippen molar-refractivity contribution in [2.24, 2.45) is 0 Å². The summed E-state index contributed by atoms with van der Waals surface area (Å²) < 4.78 is 1.67.